The third kappa shape index (κ3) is 2.25. The molecule has 0 radical (unpaired) electrons. The van der Waals surface area contributed by atoms with E-state index in [0.717, 1.165) is 18.6 Å². The summed E-state index contributed by atoms with van der Waals surface area (Å²) in [6.07, 6.45) is 8.39. The van der Waals surface area contributed by atoms with Crippen LogP contribution in [0.25, 0.3) is 0 Å². The predicted molar refractivity (Wildman–Crippen MR) is 82.1 cm³/mol. The van der Waals surface area contributed by atoms with E-state index >= 15 is 0 Å². The number of rotatable bonds is 2. The molecule has 2 nitrogen and oxygen atoms in total. The Hall–Kier alpha value is -0.730. The van der Waals surface area contributed by atoms with Crippen LogP contribution >= 0.6 is 12.4 Å². The minimum Gasteiger partial charge on any atom is -0.384 e. The van der Waals surface area contributed by atoms with E-state index in [-0.39, 0.29) is 12.4 Å². The standard InChI is InChI=1S/C16H22N2.ClH/c1-3-12-9-10-17-16(12)13(4-1)11-18-14-5-2-6-15(18)8-7-14;/h1,3-4,14-15,17H,2,5-11H2;1H. The number of nitrogens with one attached hydrogen (secondary N) is 1. The number of para-hydroxylation sites is 1. The van der Waals surface area contributed by atoms with Crippen LogP contribution in [0, 0.1) is 0 Å². The van der Waals surface area contributed by atoms with Gasteiger partial charge in [-0.05, 0) is 43.2 Å². The highest BCUT2D eigenvalue weighted by molar-refractivity contribution is 5.85. The first kappa shape index (κ1) is 13.3. The molecule has 104 valence electrons. The summed E-state index contributed by atoms with van der Waals surface area (Å²) in [4.78, 5) is 2.79. The van der Waals surface area contributed by atoms with E-state index in [2.05, 4.69) is 28.4 Å². The average Bonchev–Trinajstić information content (AvgIpc) is 2.93. The number of fused-ring (bicyclic) bond motifs is 3. The molecule has 3 heterocycles. The molecule has 2 bridgehead atoms. The summed E-state index contributed by atoms with van der Waals surface area (Å²) >= 11 is 0. The Morgan fingerprint density at radius 3 is 2.68 bits per heavy atom. The van der Waals surface area contributed by atoms with Crippen molar-refractivity contribution < 1.29 is 0 Å². The summed E-state index contributed by atoms with van der Waals surface area (Å²) < 4.78 is 0. The van der Waals surface area contributed by atoms with Gasteiger partial charge in [-0.1, -0.05) is 24.6 Å². The van der Waals surface area contributed by atoms with Crippen molar-refractivity contribution in [2.45, 2.75) is 57.2 Å². The summed E-state index contributed by atoms with van der Waals surface area (Å²) in [5, 5.41) is 3.58. The molecule has 2 fully saturated rings. The van der Waals surface area contributed by atoms with Gasteiger partial charge in [0.05, 0.1) is 0 Å². The lowest BCUT2D eigenvalue weighted by Gasteiger charge is -2.35. The van der Waals surface area contributed by atoms with Crippen molar-refractivity contribution in [1.82, 2.24) is 4.90 Å². The van der Waals surface area contributed by atoms with Gasteiger partial charge in [-0.25, -0.2) is 0 Å². The van der Waals surface area contributed by atoms with Gasteiger partial charge in [-0.15, -0.1) is 12.4 Å². The minimum absolute atomic E-state index is 0. The smallest absolute Gasteiger partial charge is 0.0419 e. The molecule has 2 atom stereocenters. The van der Waals surface area contributed by atoms with Crippen LogP contribution in [0.15, 0.2) is 18.2 Å². The Bertz CT molecular complexity index is 444. The third-order valence-electron chi connectivity index (χ3n) is 5.13. The normalized spacial score (nSPS) is 28.6. The fourth-order valence-corrected chi connectivity index (χ4v) is 4.22. The topological polar surface area (TPSA) is 15.3 Å². The van der Waals surface area contributed by atoms with Crippen LogP contribution in [0.1, 0.15) is 43.2 Å². The SMILES string of the molecule is Cl.c1cc2c(c(CN3C4CCCC3CC4)c1)NCC2. The Morgan fingerprint density at radius 2 is 1.89 bits per heavy atom. The Morgan fingerprint density at radius 1 is 1.11 bits per heavy atom. The third-order valence-corrected chi connectivity index (χ3v) is 5.13. The summed E-state index contributed by atoms with van der Waals surface area (Å²) in [7, 11) is 0. The molecule has 19 heavy (non-hydrogen) atoms. The maximum absolute atomic E-state index is 3.58. The zero-order chi connectivity index (χ0) is 11.9. The lowest BCUT2D eigenvalue weighted by molar-refractivity contribution is 0.132. The number of hydrogen-bond acceptors (Lipinski definition) is 2. The molecule has 2 saturated heterocycles. The van der Waals surface area contributed by atoms with Gasteiger partial charge in [-0.3, -0.25) is 4.90 Å². The Labute approximate surface area is 122 Å². The molecular weight excluding hydrogens is 256 g/mol. The largest absolute Gasteiger partial charge is 0.384 e. The van der Waals surface area contributed by atoms with Gasteiger partial charge >= 0.3 is 0 Å². The molecule has 3 aliphatic heterocycles. The molecule has 0 spiro atoms. The van der Waals surface area contributed by atoms with Gasteiger partial charge in [0.25, 0.3) is 0 Å². The second-order valence-corrected chi connectivity index (χ2v) is 6.12. The number of nitrogens with zero attached hydrogens (tertiary/aromatic N) is 1. The van der Waals surface area contributed by atoms with E-state index in [1.54, 1.807) is 0 Å². The van der Waals surface area contributed by atoms with Crippen molar-refractivity contribution in [1.29, 1.82) is 0 Å². The number of anilines is 1. The van der Waals surface area contributed by atoms with E-state index in [9.17, 15) is 0 Å². The van der Waals surface area contributed by atoms with Crippen LogP contribution in [0.3, 0.4) is 0 Å². The van der Waals surface area contributed by atoms with Crippen molar-refractivity contribution in [3.05, 3.63) is 29.3 Å². The zero-order valence-corrected chi connectivity index (χ0v) is 12.2. The lowest BCUT2D eigenvalue weighted by Crippen LogP contribution is -2.39. The van der Waals surface area contributed by atoms with Crippen LogP contribution in [0.4, 0.5) is 5.69 Å². The van der Waals surface area contributed by atoms with Crippen molar-refractivity contribution in [3.8, 4) is 0 Å². The molecule has 1 aromatic rings. The van der Waals surface area contributed by atoms with E-state index < -0.39 is 0 Å². The second-order valence-electron chi connectivity index (χ2n) is 6.12. The molecule has 1 N–H and O–H groups in total. The second kappa shape index (κ2) is 5.34. The summed E-state index contributed by atoms with van der Waals surface area (Å²) in [5.41, 5.74) is 4.50. The fraction of sp³-hybridized carbons (Fsp3) is 0.625. The predicted octanol–water partition coefficient (Wildman–Crippen LogP) is 3.59. The van der Waals surface area contributed by atoms with Gasteiger partial charge in [-0.2, -0.15) is 0 Å². The van der Waals surface area contributed by atoms with E-state index in [0.29, 0.717) is 0 Å². The van der Waals surface area contributed by atoms with Crippen molar-refractivity contribution >= 4 is 18.1 Å². The van der Waals surface area contributed by atoms with E-state index in [1.807, 2.05) is 0 Å². The van der Waals surface area contributed by atoms with Gasteiger partial charge in [0.1, 0.15) is 0 Å². The number of piperidine rings is 1. The molecule has 1 aromatic carbocycles. The van der Waals surface area contributed by atoms with Crippen LogP contribution in [0.5, 0.6) is 0 Å². The van der Waals surface area contributed by atoms with Gasteiger partial charge in [0.15, 0.2) is 0 Å². The molecular formula is C16H23ClN2. The highest BCUT2D eigenvalue weighted by Crippen LogP contribution is 2.38. The summed E-state index contributed by atoms with van der Waals surface area (Å²) in [6.45, 7) is 2.30. The first-order chi connectivity index (χ1) is 8.92. The van der Waals surface area contributed by atoms with Gasteiger partial charge in [0.2, 0.25) is 0 Å². The van der Waals surface area contributed by atoms with Crippen molar-refractivity contribution in [2.24, 2.45) is 0 Å². The molecule has 0 amide bonds. The Balaban J connectivity index is 0.00000110. The Kier molecular flexibility index (Phi) is 3.72. The number of hydrogen-bond donors (Lipinski definition) is 1. The van der Waals surface area contributed by atoms with E-state index in [4.69, 9.17) is 0 Å². The van der Waals surface area contributed by atoms with E-state index in [1.165, 1.54) is 61.9 Å². The maximum Gasteiger partial charge on any atom is 0.0419 e. The minimum atomic E-state index is 0. The monoisotopic (exact) mass is 278 g/mol. The number of halogens is 1. The van der Waals surface area contributed by atoms with Crippen molar-refractivity contribution in [3.63, 3.8) is 0 Å². The first-order valence-electron chi connectivity index (χ1n) is 7.52. The first-order valence-corrected chi connectivity index (χ1v) is 7.52. The average molecular weight is 279 g/mol. The highest BCUT2D eigenvalue weighted by atomic mass is 35.5. The fourth-order valence-electron chi connectivity index (χ4n) is 4.22. The molecule has 0 aromatic heterocycles. The van der Waals surface area contributed by atoms with Crippen LogP contribution in [-0.2, 0) is 13.0 Å². The van der Waals surface area contributed by atoms with Crippen LogP contribution in [0.2, 0.25) is 0 Å². The maximum atomic E-state index is 3.58. The molecule has 2 unspecified atom stereocenters. The highest BCUT2D eigenvalue weighted by Gasteiger charge is 2.36. The van der Waals surface area contributed by atoms with Gasteiger partial charge < -0.3 is 5.32 Å². The molecule has 0 aliphatic carbocycles. The van der Waals surface area contributed by atoms with Crippen LogP contribution in [-0.4, -0.2) is 23.5 Å². The number of benzene rings is 1. The lowest BCUT2D eigenvalue weighted by atomic mass is 10.0. The van der Waals surface area contributed by atoms with Gasteiger partial charge in [0, 0.05) is 30.9 Å². The summed E-state index contributed by atoms with van der Waals surface area (Å²) in [6, 6.07) is 8.60. The molecule has 3 heteroatoms. The van der Waals surface area contributed by atoms with Crippen LogP contribution < -0.4 is 5.32 Å². The quantitative estimate of drug-likeness (QED) is 0.889. The molecule has 3 aliphatic rings. The zero-order valence-electron chi connectivity index (χ0n) is 11.4. The molecule has 0 saturated carbocycles. The molecule has 4 rings (SSSR count). The summed E-state index contributed by atoms with van der Waals surface area (Å²) in [5.74, 6) is 0. The van der Waals surface area contributed by atoms with Crippen molar-refractivity contribution in [2.75, 3.05) is 11.9 Å².